The zero-order valence-electron chi connectivity index (χ0n) is 19.3. The molecule has 0 bridgehead atoms. The molecule has 1 saturated heterocycles. The van der Waals surface area contributed by atoms with Gasteiger partial charge < -0.3 is 10.1 Å². The van der Waals surface area contributed by atoms with Crippen molar-refractivity contribution in [3.8, 4) is 17.7 Å². The number of ether oxygens (including phenoxy) is 1. The van der Waals surface area contributed by atoms with Gasteiger partial charge in [0.1, 0.15) is 28.6 Å². The van der Waals surface area contributed by atoms with Gasteiger partial charge in [0.15, 0.2) is 9.84 Å². The fourth-order valence-electron chi connectivity index (χ4n) is 3.86. The van der Waals surface area contributed by atoms with Crippen LogP contribution in [0.1, 0.15) is 30.0 Å². The highest BCUT2D eigenvalue weighted by Gasteiger charge is 2.30. The maximum absolute atomic E-state index is 13.4. The minimum Gasteiger partial charge on any atom is -0.438 e. The lowest BCUT2D eigenvalue weighted by Crippen LogP contribution is -2.36. The number of amides is 1. The highest BCUT2D eigenvalue weighted by Crippen LogP contribution is 2.25. The molecule has 0 saturated carbocycles. The lowest BCUT2D eigenvalue weighted by Gasteiger charge is -2.13. The van der Waals surface area contributed by atoms with Gasteiger partial charge in [-0.15, -0.1) is 0 Å². The highest BCUT2D eigenvalue weighted by atomic mass is 32.2. The van der Waals surface area contributed by atoms with E-state index < -0.39 is 27.3 Å². The topological polar surface area (TPSA) is 131 Å². The smallest absolute Gasteiger partial charge is 0.269 e. The van der Waals surface area contributed by atoms with Gasteiger partial charge in [-0.25, -0.2) is 8.42 Å². The van der Waals surface area contributed by atoms with Crippen molar-refractivity contribution in [2.45, 2.75) is 32.7 Å². The van der Waals surface area contributed by atoms with Crippen LogP contribution in [0.4, 0.5) is 0 Å². The van der Waals surface area contributed by atoms with Gasteiger partial charge >= 0.3 is 0 Å². The van der Waals surface area contributed by atoms with Crippen molar-refractivity contribution in [3.05, 3.63) is 75.2 Å². The Morgan fingerprint density at radius 2 is 2.06 bits per heavy atom. The quantitative estimate of drug-likeness (QED) is 0.413. The van der Waals surface area contributed by atoms with Crippen LogP contribution in [0, 0.1) is 18.3 Å². The van der Waals surface area contributed by atoms with Gasteiger partial charge in [-0.2, -0.15) is 10.2 Å². The number of hydrogen-bond acceptors (Lipinski definition) is 7. The lowest BCUT2D eigenvalue weighted by atomic mass is 10.1. The van der Waals surface area contributed by atoms with Crippen LogP contribution < -0.4 is 15.6 Å². The second-order valence-electron chi connectivity index (χ2n) is 8.36. The Kier molecular flexibility index (Phi) is 6.71. The molecule has 3 aromatic rings. The van der Waals surface area contributed by atoms with E-state index in [-0.39, 0.29) is 34.9 Å². The van der Waals surface area contributed by atoms with Crippen LogP contribution in [0.15, 0.2) is 53.0 Å². The number of benzene rings is 1. The van der Waals surface area contributed by atoms with E-state index in [1.807, 2.05) is 19.1 Å². The summed E-state index contributed by atoms with van der Waals surface area (Å²) in [5.41, 5.74) is 1.30. The maximum Gasteiger partial charge on any atom is 0.269 e. The normalized spacial score (nSPS) is 17.2. The first-order valence-electron chi connectivity index (χ1n) is 11.1. The molecule has 2 aromatic heterocycles. The molecule has 1 aliphatic rings. The van der Waals surface area contributed by atoms with Crippen LogP contribution in [0.25, 0.3) is 11.7 Å². The summed E-state index contributed by atoms with van der Waals surface area (Å²) in [6.07, 6.45) is 3.81. The summed E-state index contributed by atoms with van der Waals surface area (Å²) in [4.78, 5) is 30.6. The molecule has 9 nitrogen and oxygen atoms in total. The van der Waals surface area contributed by atoms with Crippen LogP contribution in [-0.2, 0) is 21.1 Å². The first kappa shape index (κ1) is 24.2. The lowest BCUT2D eigenvalue weighted by molar-refractivity contribution is -0.117. The molecule has 1 aliphatic heterocycles. The molecule has 0 unspecified atom stereocenters. The largest absolute Gasteiger partial charge is 0.438 e. The molecule has 3 heterocycles. The molecule has 4 rings (SSSR count). The average Bonchev–Trinajstić information content (AvgIpc) is 3.18. The van der Waals surface area contributed by atoms with Gasteiger partial charge in [-0.3, -0.25) is 14.0 Å². The molecular weight excluding hydrogens is 468 g/mol. The van der Waals surface area contributed by atoms with Crippen LogP contribution in [-0.4, -0.2) is 41.3 Å². The molecule has 1 amide bonds. The number of aryl methyl sites for hydroxylation is 2. The number of carbonyl (C=O) groups excluding carboxylic acids is 1. The van der Waals surface area contributed by atoms with E-state index in [0.29, 0.717) is 11.4 Å². The Balaban J connectivity index is 1.77. The Hall–Kier alpha value is -3.97. The van der Waals surface area contributed by atoms with Crippen molar-refractivity contribution < 1.29 is 17.9 Å². The number of nitrogens with one attached hydrogen (secondary N) is 1. The number of nitrogens with zero attached hydrogens (tertiary/aromatic N) is 3. The first-order chi connectivity index (χ1) is 16.7. The maximum atomic E-state index is 13.4. The third kappa shape index (κ3) is 5.25. The van der Waals surface area contributed by atoms with Crippen molar-refractivity contribution in [1.82, 2.24) is 14.7 Å². The molecule has 10 heteroatoms. The number of pyridine rings is 1. The molecule has 1 atom stereocenters. The number of rotatable bonds is 6. The molecular formula is C25H24N4O5S. The molecule has 1 fully saturated rings. The van der Waals surface area contributed by atoms with E-state index >= 15 is 0 Å². The van der Waals surface area contributed by atoms with Crippen LogP contribution >= 0.6 is 0 Å². The first-order valence-corrected chi connectivity index (χ1v) is 12.9. The fraction of sp³-hybridized carbons (Fsp3) is 0.280. The van der Waals surface area contributed by atoms with E-state index in [1.165, 1.54) is 4.40 Å². The van der Waals surface area contributed by atoms with Crippen LogP contribution in [0.3, 0.4) is 0 Å². The van der Waals surface area contributed by atoms with Crippen LogP contribution in [0.2, 0.25) is 0 Å². The molecule has 35 heavy (non-hydrogen) atoms. The number of sulfone groups is 1. The van der Waals surface area contributed by atoms with Gasteiger partial charge in [0.2, 0.25) is 5.88 Å². The minimum absolute atomic E-state index is 0.0202. The van der Waals surface area contributed by atoms with Gasteiger partial charge in [0.25, 0.3) is 11.5 Å². The van der Waals surface area contributed by atoms with E-state index in [0.717, 1.165) is 23.6 Å². The number of fused-ring (bicyclic) bond motifs is 1. The Morgan fingerprint density at radius 1 is 1.31 bits per heavy atom. The summed E-state index contributed by atoms with van der Waals surface area (Å²) in [6.45, 7) is 3.84. The minimum atomic E-state index is -3.21. The Labute approximate surface area is 202 Å². The van der Waals surface area contributed by atoms with E-state index in [2.05, 4.69) is 10.3 Å². The third-order valence-electron chi connectivity index (χ3n) is 5.82. The average molecular weight is 493 g/mol. The number of aromatic nitrogens is 2. The molecule has 0 spiro atoms. The second-order valence-corrected chi connectivity index (χ2v) is 10.6. The number of carbonyl (C=O) groups is 1. The SMILES string of the molecule is CCc1ccc(Oc2nc3c(C)cccn3c(=O)c2/C=C(\C#N)C(=O)N[C@@H]2CCS(=O)(=O)C2)cc1. The van der Waals surface area contributed by atoms with Gasteiger partial charge in [-0.1, -0.05) is 25.1 Å². The molecule has 1 aromatic carbocycles. The van der Waals surface area contributed by atoms with Crippen molar-refractivity contribution in [1.29, 1.82) is 5.26 Å². The summed E-state index contributed by atoms with van der Waals surface area (Å²) in [5, 5.41) is 12.2. The zero-order valence-corrected chi connectivity index (χ0v) is 20.1. The second kappa shape index (κ2) is 9.72. The van der Waals surface area contributed by atoms with Gasteiger partial charge in [-0.05, 0) is 55.2 Å². The van der Waals surface area contributed by atoms with Gasteiger partial charge in [0.05, 0.1) is 11.5 Å². The van der Waals surface area contributed by atoms with Crippen molar-refractivity contribution in [2.75, 3.05) is 11.5 Å². The van der Waals surface area contributed by atoms with E-state index in [9.17, 15) is 23.3 Å². The number of nitriles is 1. The molecule has 0 aliphatic carbocycles. The number of hydrogen-bond donors (Lipinski definition) is 1. The standard InChI is InChI=1S/C25H24N4O5S/c1-3-17-6-8-20(9-7-17)34-24-21(25(31)29-11-4-5-16(2)22(29)28-24)13-18(14-26)23(30)27-19-10-12-35(32,33)15-19/h4-9,11,13,19H,3,10,12,15H2,1-2H3,(H,27,30)/b18-13+/t19-/m1/s1. The molecule has 1 N–H and O–H groups in total. The summed E-state index contributed by atoms with van der Waals surface area (Å²) in [6, 6.07) is 12.0. The summed E-state index contributed by atoms with van der Waals surface area (Å²) in [7, 11) is -3.21. The van der Waals surface area contributed by atoms with E-state index in [4.69, 9.17) is 4.74 Å². The highest BCUT2D eigenvalue weighted by molar-refractivity contribution is 7.91. The van der Waals surface area contributed by atoms with Crippen molar-refractivity contribution in [2.24, 2.45) is 0 Å². The van der Waals surface area contributed by atoms with Gasteiger partial charge in [0, 0.05) is 12.2 Å². The van der Waals surface area contributed by atoms with Crippen LogP contribution in [0.5, 0.6) is 11.6 Å². The molecule has 0 radical (unpaired) electrons. The Bertz CT molecular complexity index is 1530. The zero-order chi connectivity index (χ0) is 25.2. The third-order valence-corrected chi connectivity index (χ3v) is 7.58. The monoisotopic (exact) mass is 492 g/mol. The van der Waals surface area contributed by atoms with E-state index in [1.54, 1.807) is 43.5 Å². The van der Waals surface area contributed by atoms with Crippen molar-refractivity contribution in [3.63, 3.8) is 0 Å². The molecule has 180 valence electrons. The predicted octanol–water partition coefficient (Wildman–Crippen LogP) is 2.57. The predicted molar refractivity (Wildman–Crippen MR) is 131 cm³/mol. The summed E-state index contributed by atoms with van der Waals surface area (Å²) < 4.78 is 30.7. The summed E-state index contributed by atoms with van der Waals surface area (Å²) in [5.74, 6) is -0.563. The Morgan fingerprint density at radius 3 is 2.69 bits per heavy atom. The summed E-state index contributed by atoms with van der Waals surface area (Å²) >= 11 is 0. The fourth-order valence-corrected chi connectivity index (χ4v) is 5.54. The van der Waals surface area contributed by atoms with Crippen molar-refractivity contribution >= 4 is 27.5 Å².